The van der Waals surface area contributed by atoms with Crippen molar-refractivity contribution in [2.75, 3.05) is 26.2 Å². The van der Waals surface area contributed by atoms with Crippen LogP contribution >= 0.6 is 0 Å². The maximum Gasteiger partial charge on any atom is 0.198 e. The number of nitrogens with zero attached hydrogens (tertiary/aromatic N) is 2. The third-order valence-electron chi connectivity index (χ3n) is 3.29. The van der Waals surface area contributed by atoms with E-state index in [-0.39, 0.29) is 5.96 Å². The van der Waals surface area contributed by atoms with Gasteiger partial charge in [0.1, 0.15) is 0 Å². The number of aliphatic imine (C=N–C) groups is 1. The highest BCUT2D eigenvalue weighted by atomic mass is 15.3. The van der Waals surface area contributed by atoms with E-state index in [1.165, 1.54) is 0 Å². The predicted octanol–water partition coefficient (Wildman–Crippen LogP) is 0.535. The lowest BCUT2D eigenvalue weighted by molar-refractivity contribution is 0.525. The zero-order valence-corrected chi connectivity index (χ0v) is 13.2. The van der Waals surface area contributed by atoms with Crippen LogP contribution in [0.1, 0.15) is 51.4 Å². The van der Waals surface area contributed by atoms with E-state index in [2.05, 4.69) is 4.99 Å². The van der Waals surface area contributed by atoms with Gasteiger partial charge < -0.3 is 22.9 Å². The van der Waals surface area contributed by atoms with Gasteiger partial charge in [0.05, 0.1) is 0 Å². The molecule has 0 aromatic heterocycles. The van der Waals surface area contributed by atoms with E-state index in [1.807, 2.05) is 0 Å². The molecule has 0 saturated heterocycles. The molecule has 0 aliphatic rings. The van der Waals surface area contributed by atoms with Crippen LogP contribution in [-0.2, 0) is 0 Å². The van der Waals surface area contributed by atoms with Gasteiger partial charge in [-0.1, -0.05) is 25.7 Å². The van der Waals surface area contributed by atoms with Crippen LogP contribution in [0.2, 0.25) is 0 Å². The molecule has 0 atom stereocenters. The number of hydrogen-bond acceptors (Lipinski definition) is 4. The fourth-order valence-electron chi connectivity index (χ4n) is 2.01. The lowest BCUT2D eigenvalue weighted by Crippen LogP contribution is -2.46. The highest BCUT2D eigenvalue weighted by Crippen LogP contribution is 2.02. The zero-order chi connectivity index (χ0) is 15.9. The number of guanidine groups is 2. The van der Waals surface area contributed by atoms with Gasteiger partial charge in [0.15, 0.2) is 11.9 Å². The van der Waals surface area contributed by atoms with Crippen LogP contribution in [0.5, 0.6) is 0 Å². The smallest absolute Gasteiger partial charge is 0.198 e. The minimum absolute atomic E-state index is 0.0433. The second-order valence-corrected chi connectivity index (χ2v) is 5.18. The molecular formula is C14H33N7. The Bertz CT molecular complexity index is 291. The fourth-order valence-corrected chi connectivity index (χ4v) is 2.01. The summed E-state index contributed by atoms with van der Waals surface area (Å²) in [5.74, 6) is 0.304. The van der Waals surface area contributed by atoms with Crippen LogP contribution < -0.4 is 22.9 Å². The molecule has 0 aliphatic heterocycles. The largest absolute Gasteiger partial charge is 0.370 e. The number of nitrogens with one attached hydrogen (secondary N) is 1. The monoisotopic (exact) mass is 299 g/mol. The van der Waals surface area contributed by atoms with Gasteiger partial charge in [-0.2, -0.15) is 0 Å². The van der Waals surface area contributed by atoms with Crippen molar-refractivity contribution in [3.8, 4) is 0 Å². The van der Waals surface area contributed by atoms with Crippen LogP contribution in [0.15, 0.2) is 4.99 Å². The van der Waals surface area contributed by atoms with Gasteiger partial charge in [-0.05, 0) is 38.8 Å². The number of unbranched alkanes of at least 4 members (excludes halogenated alkanes) is 6. The quantitative estimate of drug-likeness (QED) is 0.203. The standard InChI is InChI=1S/C14H33N7/c15-9-5-1-3-7-11-20-14(19)21(13(17)18)12-8-4-2-6-10-16/h1-12,15-16H2,(H3,17,18)(H2,19,20). The molecule has 0 heterocycles. The van der Waals surface area contributed by atoms with E-state index in [0.29, 0.717) is 19.0 Å². The molecule has 0 aromatic carbocycles. The van der Waals surface area contributed by atoms with Crippen molar-refractivity contribution in [3.63, 3.8) is 0 Å². The first kappa shape index (κ1) is 19.7. The summed E-state index contributed by atoms with van der Waals surface area (Å²) in [6.45, 7) is 2.79. The lowest BCUT2D eigenvalue weighted by Gasteiger charge is -2.21. The van der Waals surface area contributed by atoms with Crippen molar-refractivity contribution in [2.45, 2.75) is 51.4 Å². The molecule has 0 radical (unpaired) electrons. The second-order valence-electron chi connectivity index (χ2n) is 5.18. The molecule has 7 heteroatoms. The first-order valence-electron chi connectivity index (χ1n) is 7.95. The number of nitrogens with two attached hydrogens (primary N) is 4. The second kappa shape index (κ2) is 13.6. The zero-order valence-electron chi connectivity index (χ0n) is 13.2. The predicted molar refractivity (Wildman–Crippen MR) is 90.2 cm³/mol. The molecule has 0 saturated carbocycles. The van der Waals surface area contributed by atoms with E-state index in [1.54, 1.807) is 4.90 Å². The van der Waals surface area contributed by atoms with Gasteiger partial charge >= 0.3 is 0 Å². The van der Waals surface area contributed by atoms with Crippen LogP contribution in [0.25, 0.3) is 0 Å². The van der Waals surface area contributed by atoms with Gasteiger partial charge in [0, 0.05) is 13.1 Å². The van der Waals surface area contributed by atoms with Crippen molar-refractivity contribution in [3.05, 3.63) is 0 Å². The molecule has 124 valence electrons. The van der Waals surface area contributed by atoms with Crippen molar-refractivity contribution in [1.29, 1.82) is 5.41 Å². The average molecular weight is 299 g/mol. The van der Waals surface area contributed by atoms with Crippen molar-refractivity contribution in [2.24, 2.45) is 27.9 Å². The summed E-state index contributed by atoms with van der Waals surface area (Å²) in [6.07, 6.45) is 8.41. The van der Waals surface area contributed by atoms with Crippen molar-refractivity contribution in [1.82, 2.24) is 4.90 Å². The van der Waals surface area contributed by atoms with Crippen LogP contribution in [-0.4, -0.2) is 43.0 Å². The summed E-state index contributed by atoms with van der Waals surface area (Å²) in [4.78, 5) is 5.88. The van der Waals surface area contributed by atoms with Crippen LogP contribution in [0.4, 0.5) is 0 Å². The van der Waals surface area contributed by atoms with E-state index in [9.17, 15) is 0 Å². The normalized spacial score (nSPS) is 11.6. The molecule has 0 fully saturated rings. The van der Waals surface area contributed by atoms with E-state index >= 15 is 0 Å². The SMILES string of the molecule is N=C(N)N(CCCCCCN)C(N)=NCCCCCCN. The van der Waals surface area contributed by atoms with E-state index < -0.39 is 0 Å². The Morgan fingerprint density at radius 2 is 1.33 bits per heavy atom. The Morgan fingerprint density at radius 1 is 0.810 bits per heavy atom. The summed E-state index contributed by atoms with van der Waals surface area (Å²) < 4.78 is 0. The van der Waals surface area contributed by atoms with Crippen LogP contribution in [0.3, 0.4) is 0 Å². The van der Waals surface area contributed by atoms with Gasteiger partial charge in [-0.25, -0.2) is 0 Å². The number of hydrogen-bond donors (Lipinski definition) is 5. The van der Waals surface area contributed by atoms with Gasteiger partial charge in [-0.3, -0.25) is 15.3 Å². The third kappa shape index (κ3) is 11.0. The Morgan fingerprint density at radius 3 is 1.86 bits per heavy atom. The maximum atomic E-state index is 7.58. The average Bonchev–Trinajstić information content (AvgIpc) is 2.45. The molecule has 21 heavy (non-hydrogen) atoms. The summed E-state index contributed by atoms with van der Waals surface area (Å²) in [5, 5.41) is 7.58. The fraction of sp³-hybridized carbons (Fsp3) is 0.857. The first-order chi connectivity index (χ1) is 10.1. The first-order valence-corrected chi connectivity index (χ1v) is 7.95. The van der Waals surface area contributed by atoms with Gasteiger partial charge in [0.2, 0.25) is 0 Å². The summed E-state index contributed by atoms with van der Waals surface area (Å²) >= 11 is 0. The van der Waals surface area contributed by atoms with Crippen molar-refractivity contribution >= 4 is 11.9 Å². The van der Waals surface area contributed by atoms with Crippen LogP contribution in [0, 0.1) is 5.41 Å². The molecule has 0 rings (SSSR count). The lowest BCUT2D eigenvalue weighted by atomic mass is 10.2. The minimum atomic E-state index is -0.0433. The molecule has 9 N–H and O–H groups in total. The third-order valence-corrected chi connectivity index (χ3v) is 3.29. The van der Waals surface area contributed by atoms with E-state index in [0.717, 1.165) is 64.5 Å². The Labute approximate surface area is 128 Å². The molecule has 0 amide bonds. The molecular weight excluding hydrogens is 266 g/mol. The van der Waals surface area contributed by atoms with Crippen molar-refractivity contribution < 1.29 is 0 Å². The number of rotatable bonds is 12. The summed E-state index contributed by atoms with van der Waals surface area (Å²) in [7, 11) is 0. The molecule has 0 spiro atoms. The minimum Gasteiger partial charge on any atom is -0.370 e. The molecule has 0 aromatic rings. The Hall–Kier alpha value is -1.34. The van der Waals surface area contributed by atoms with Gasteiger partial charge in [-0.15, -0.1) is 0 Å². The molecule has 0 aliphatic carbocycles. The van der Waals surface area contributed by atoms with Gasteiger partial charge in [0.25, 0.3) is 0 Å². The topological polar surface area (TPSA) is 144 Å². The highest BCUT2D eigenvalue weighted by molar-refractivity contribution is 5.95. The summed E-state index contributed by atoms with van der Waals surface area (Å²) in [5.41, 5.74) is 22.4. The highest BCUT2D eigenvalue weighted by Gasteiger charge is 2.10. The molecule has 0 unspecified atom stereocenters. The van der Waals surface area contributed by atoms with E-state index in [4.69, 9.17) is 28.3 Å². The molecule has 7 nitrogen and oxygen atoms in total. The molecule has 0 bridgehead atoms. The Kier molecular flexibility index (Phi) is 12.8. The Balaban J connectivity index is 3.98. The maximum absolute atomic E-state index is 7.58. The summed E-state index contributed by atoms with van der Waals surface area (Å²) in [6, 6.07) is 0.